The Labute approximate surface area is 105 Å². The molecule has 2 rings (SSSR count). The summed E-state index contributed by atoms with van der Waals surface area (Å²) in [6, 6.07) is 11.9. The Morgan fingerprint density at radius 3 is 2.56 bits per heavy atom. The first-order valence-corrected chi connectivity index (χ1v) is 5.44. The van der Waals surface area contributed by atoms with Gasteiger partial charge in [0.05, 0.1) is 0 Å². The number of ether oxygens (including phenoxy) is 1. The van der Waals surface area contributed by atoms with E-state index in [4.69, 9.17) is 15.6 Å². The summed E-state index contributed by atoms with van der Waals surface area (Å²) in [5.74, 6) is -0.180. The van der Waals surface area contributed by atoms with Gasteiger partial charge in [0.2, 0.25) is 0 Å². The fourth-order valence-corrected chi connectivity index (χ4v) is 1.59. The first-order chi connectivity index (χ1) is 8.58. The molecule has 0 aliphatic heterocycles. The van der Waals surface area contributed by atoms with E-state index in [9.17, 15) is 4.79 Å². The highest BCUT2D eigenvalue weighted by Gasteiger charge is 2.13. The van der Waals surface area contributed by atoms with Gasteiger partial charge in [0.15, 0.2) is 0 Å². The number of carboxylic acids is 1. The van der Waals surface area contributed by atoms with Crippen LogP contribution in [0.2, 0.25) is 0 Å². The molecular weight excluding hydrogens is 230 g/mol. The van der Waals surface area contributed by atoms with Gasteiger partial charge in [-0.3, -0.25) is 0 Å². The van der Waals surface area contributed by atoms with Crippen LogP contribution < -0.4 is 10.5 Å². The molecular formula is C14H13NO3. The Morgan fingerprint density at radius 2 is 1.89 bits per heavy atom. The van der Waals surface area contributed by atoms with Crippen LogP contribution in [0.3, 0.4) is 0 Å². The number of carboxylic acid groups (broad SMARTS) is 1. The molecule has 0 aliphatic carbocycles. The van der Waals surface area contributed by atoms with Gasteiger partial charge < -0.3 is 15.6 Å². The van der Waals surface area contributed by atoms with E-state index in [0.717, 1.165) is 5.56 Å². The lowest BCUT2D eigenvalue weighted by Gasteiger charge is -2.11. The first kappa shape index (κ1) is 12.0. The predicted molar refractivity (Wildman–Crippen MR) is 69.1 cm³/mol. The van der Waals surface area contributed by atoms with Crippen molar-refractivity contribution in [3.63, 3.8) is 0 Å². The van der Waals surface area contributed by atoms with Crippen LogP contribution in [0, 0.1) is 6.92 Å². The minimum atomic E-state index is -1.04. The largest absolute Gasteiger partial charge is 0.478 e. The standard InChI is InChI=1S/C14H13NO3/c1-9-4-2-3-5-12(9)18-13-8-10(15)6-7-11(13)14(16)17/h2-8H,15H2,1H3,(H,16,17). The zero-order chi connectivity index (χ0) is 13.1. The Hall–Kier alpha value is -2.49. The maximum absolute atomic E-state index is 11.1. The molecule has 4 nitrogen and oxygen atoms in total. The van der Waals surface area contributed by atoms with E-state index in [-0.39, 0.29) is 11.3 Å². The summed E-state index contributed by atoms with van der Waals surface area (Å²) in [5.41, 5.74) is 7.13. The maximum Gasteiger partial charge on any atom is 0.339 e. The van der Waals surface area contributed by atoms with Crippen molar-refractivity contribution in [2.45, 2.75) is 6.92 Å². The van der Waals surface area contributed by atoms with E-state index in [1.165, 1.54) is 18.2 Å². The molecule has 0 radical (unpaired) electrons. The van der Waals surface area contributed by atoms with Gasteiger partial charge in [-0.05, 0) is 30.7 Å². The summed E-state index contributed by atoms with van der Waals surface area (Å²) in [4.78, 5) is 11.1. The third-order valence-electron chi connectivity index (χ3n) is 2.55. The molecule has 4 heteroatoms. The van der Waals surface area contributed by atoms with Crippen LogP contribution in [0.1, 0.15) is 15.9 Å². The van der Waals surface area contributed by atoms with Gasteiger partial charge in [0, 0.05) is 11.8 Å². The Morgan fingerprint density at radius 1 is 1.17 bits per heavy atom. The van der Waals surface area contributed by atoms with E-state index in [0.29, 0.717) is 11.4 Å². The molecule has 0 heterocycles. The average Bonchev–Trinajstić information content (AvgIpc) is 2.32. The topological polar surface area (TPSA) is 72.5 Å². The molecule has 0 aliphatic rings. The summed E-state index contributed by atoms with van der Waals surface area (Å²) in [5, 5.41) is 9.08. The number of benzene rings is 2. The van der Waals surface area contributed by atoms with E-state index in [1.54, 1.807) is 6.07 Å². The summed E-state index contributed by atoms with van der Waals surface area (Å²) in [6.45, 7) is 1.89. The van der Waals surface area contributed by atoms with Crippen LogP contribution in [0.15, 0.2) is 42.5 Å². The van der Waals surface area contributed by atoms with Gasteiger partial charge in [-0.2, -0.15) is 0 Å². The van der Waals surface area contributed by atoms with Gasteiger partial charge in [-0.25, -0.2) is 4.79 Å². The maximum atomic E-state index is 11.1. The lowest BCUT2D eigenvalue weighted by Crippen LogP contribution is -2.01. The predicted octanol–water partition coefficient (Wildman–Crippen LogP) is 3.07. The molecule has 92 valence electrons. The molecule has 0 atom stereocenters. The van der Waals surface area contributed by atoms with Crippen LogP contribution in [0.25, 0.3) is 0 Å². The SMILES string of the molecule is Cc1ccccc1Oc1cc(N)ccc1C(=O)O. The molecule has 2 aromatic carbocycles. The first-order valence-electron chi connectivity index (χ1n) is 5.44. The second-order valence-corrected chi connectivity index (χ2v) is 3.93. The normalized spacial score (nSPS) is 10.1. The van der Waals surface area contributed by atoms with Gasteiger partial charge in [0.25, 0.3) is 0 Å². The van der Waals surface area contributed by atoms with E-state index in [2.05, 4.69) is 0 Å². The monoisotopic (exact) mass is 243 g/mol. The van der Waals surface area contributed by atoms with Crippen molar-refractivity contribution in [1.82, 2.24) is 0 Å². The molecule has 0 spiro atoms. The molecule has 0 aromatic heterocycles. The zero-order valence-corrected chi connectivity index (χ0v) is 9.88. The minimum absolute atomic E-state index is 0.0902. The van der Waals surface area contributed by atoms with Gasteiger partial charge >= 0.3 is 5.97 Å². The molecule has 3 N–H and O–H groups in total. The number of aryl methyl sites for hydroxylation is 1. The fraction of sp³-hybridized carbons (Fsp3) is 0.0714. The van der Waals surface area contributed by atoms with Crippen molar-refractivity contribution in [3.8, 4) is 11.5 Å². The second-order valence-electron chi connectivity index (χ2n) is 3.93. The quantitative estimate of drug-likeness (QED) is 0.812. The molecule has 0 saturated heterocycles. The Kier molecular flexibility index (Phi) is 3.19. The molecule has 0 saturated carbocycles. The van der Waals surface area contributed by atoms with Crippen molar-refractivity contribution >= 4 is 11.7 Å². The van der Waals surface area contributed by atoms with E-state index in [1.807, 2.05) is 25.1 Å². The van der Waals surface area contributed by atoms with E-state index >= 15 is 0 Å². The molecule has 0 bridgehead atoms. The third kappa shape index (κ3) is 2.43. The zero-order valence-electron chi connectivity index (χ0n) is 9.88. The third-order valence-corrected chi connectivity index (χ3v) is 2.55. The van der Waals surface area contributed by atoms with Crippen molar-refractivity contribution in [2.24, 2.45) is 0 Å². The molecule has 2 aromatic rings. The second kappa shape index (κ2) is 4.79. The lowest BCUT2D eigenvalue weighted by molar-refractivity contribution is 0.0694. The number of aromatic carboxylic acids is 1. The Balaban J connectivity index is 2.42. The molecule has 0 amide bonds. The highest BCUT2D eigenvalue weighted by atomic mass is 16.5. The van der Waals surface area contributed by atoms with Crippen LogP contribution in [-0.4, -0.2) is 11.1 Å². The van der Waals surface area contributed by atoms with Crippen LogP contribution in [0.5, 0.6) is 11.5 Å². The number of hydrogen-bond donors (Lipinski definition) is 2. The molecule has 0 fully saturated rings. The number of rotatable bonds is 3. The summed E-state index contributed by atoms with van der Waals surface area (Å²) < 4.78 is 5.62. The van der Waals surface area contributed by atoms with Gasteiger partial charge in [0.1, 0.15) is 17.1 Å². The fourth-order valence-electron chi connectivity index (χ4n) is 1.59. The number of nitrogens with two attached hydrogens (primary N) is 1. The summed E-state index contributed by atoms with van der Waals surface area (Å²) in [7, 11) is 0. The van der Waals surface area contributed by atoms with Crippen molar-refractivity contribution in [2.75, 3.05) is 5.73 Å². The summed E-state index contributed by atoms with van der Waals surface area (Å²) in [6.07, 6.45) is 0. The van der Waals surface area contributed by atoms with Crippen LogP contribution in [0.4, 0.5) is 5.69 Å². The number of carbonyl (C=O) groups is 1. The number of hydrogen-bond acceptors (Lipinski definition) is 3. The molecule has 0 unspecified atom stereocenters. The number of nitrogen functional groups attached to an aromatic ring is 1. The van der Waals surface area contributed by atoms with Gasteiger partial charge in [-0.15, -0.1) is 0 Å². The van der Waals surface area contributed by atoms with Crippen LogP contribution in [-0.2, 0) is 0 Å². The number of anilines is 1. The van der Waals surface area contributed by atoms with Crippen molar-refractivity contribution in [3.05, 3.63) is 53.6 Å². The highest BCUT2D eigenvalue weighted by molar-refractivity contribution is 5.91. The van der Waals surface area contributed by atoms with Crippen molar-refractivity contribution < 1.29 is 14.6 Å². The van der Waals surface area contributed by atoms with E-state index < -0.39 is 5.97 Å². The average molecular weight is 243 g/mol. The van der Waals surface area contributed by atoms with Gasteiger partial charge in [-0.1, -0.05) is 18.2 Å². The van der Waals surface area contributed by atoms with Crippen molar-refractivity contribution in [1.29, 1.82) is 0 Å². The molecule has 18 heavy (non-hydrogen) atoms. The number of para-hydroxylation sites is 1. The smallest absolute Gasteiger partial charge is 0.339 e. The summed E-state index contributed by atoms with van der Waals surface area (Å²) >= 11 is 0. The Bertz CT molecular complexity index is 593. The lowest BCUT2D eigenvalue weighted by atomic mass is 10.1. The highest BCUT2D eigenvalue weighted by Crippen LogP contribution is 2.29. The minimum Gasteiger partial charge on any atom is -0.478 e. The van der Waals surface area contributed by atoms with Crippen LogP contribution >= 0.6 is 0 Å².